The molecule has 0 N–H and O–H groups in total. The Balaban J connectivity index is 1.90. The van der Waals surface area contributed by atoms with E-state index in [1.165, 1.54) is 0 Å². The van der Waals surface area contributed by atoms with Crippen LogP contribution in [0.1, 0.15) is 46.1 Å². The molecular weight excluding hydrogens is 354 g/mol. The summed E-state index contributed by atoms with van der Waals surface area (Å²) < 4.78 is 13.0. The Labute approximate surface area is 159 Å². The second-order valence-corrected chi connectivity index (χ2v) is 8.06. The highest BCUT2D eigenvalue weighted by Gasteiger charge is 2.28. The van der Waals surface area contributed by atoms with E-state index >= 15 is 0 Å². The molecule has 1 amide bonds. The molecule has 1 aromatic heterocycles. The molecule has 0 aliphatic carbocycles. The third-order valence-electron chi connectivity index (χ3n) is 4.55. The van der Waals surface area contributed by atoms with Gasteiger partial charge in [0.2, 0.25) is 0 Å². The van der Waals surface area contributed by atoms with Crippen LogP contribution in [-0.2, 0) is 4.74 Å². The Kier molecular flexibility index (Phi) is 5.32. The summed E-state index contributed by atoms with van der Waals surface area (Å²) in [6, 6.07) is 3.82. The van der Waals surface area contributed by atoms with E-state index < -0.39 is 5.60 Å². The van der Waals surface area contributed by atoms with Gasteiger partial charge in [-0.25, -0.2) is 9.78 Å². The lowest BCUT2D eigenvalue weighted by Gasteiger charge is -2.29. The number of amides is 1. The molecule has 1 aromatic carbocycles. The van der Waals surface area contributed by atoms with Crippen LogP contribution in [0.2, 0.25) is 5.02 Å². The molecule has 142 valence electrons. The number of fused-ring (bicyclic) bond motifs is 1. The number of methoxy groups -OCH3 is 1. The van der Waals surface area contributed by atoms with Crippen molar-refractivity contribution in [1.82, 2.24) is 14.5 Å². The van der Waals surface area contributed by atoms with Crippen LogP contribution in [0.4, 0.5) is 4.79 Å². The van der Waals surface area contributed by atoms with Gasteiger partial charge in [0.1, 0.15) is 16.4 Å². The van der Waals surface area contributed by atoms with Crippen LogP contribution in [0.5, 0.6) is 5.75 Å². The number of imidazole rings is 1. The Morgan fingerprint density at radius 2 is 2.08 bits per heavy atom. The lowest BCUT2D eigenvalue weighted by Crippen LogP contribution is -2.39. The first-order valence-corrected chi connectivity index (χ1v) is 9.35. The van der Waals surface area contributed by atoms with E-state index in [0.29, 0.717) is 23.9 Å². The molecule has 3 rings (SSSR count). The summed E-state index contributed by atoms with van der Waals surface area (Å²) >= 11 is 6.54. The van der Waals surface area contributed by atoms with Crippen molar-refractivity contribution in [2.45, 2.75) is 51.7 Å². The molecule has 2 heterocycles. The Bertz CT molecular complexity index is 797. The van der Waals surface area contributed by atoms with Gasteiger partial charge in [-0.1, -0.05) is 11.6 Å². The largest absolute Gasteiger partial charge is 0.495 e. The Hall–Kier alpha value is -1.95. The van der Waals surface area contributed by atoms with Crippen LogP contribution in [0.3, 0.4) is 0 Å². The van der Waals surface area contributed by atoms with E-state index in [9.17, 15) is 4.79 Å². The molecule has 0 spiro atoms. The lowest BCUT2D eigenvalue weighted by molar-refractivity contribution is 0.0238. The molecule has 1 fully saturated rings. The number of carbonyl (C=O) groups excluding carboxylic acids is 1. The molecular formula is C19H26ClN3O3. The summed E-state index contributed by atoms with van der Waals surface area (Å²) in [7, 11) is 1.60. The highest BCUT2D eigenvalue weighted by atomic mass is 35.5. The highest BCUT2D eigenvalue weighted by molar-refractivity contribution is 6.36. The van der Waals surface area contributed by atoms with Gasteiger partial charge in [-0.3, -0.25) is 0 Å². The molecule has 1 aliphatic rings. The fourth-order valence-electron chi connectivity index (χ4n) is 3.34. The van der Waals surface area contributed by atoms with Gasteiger partial charge in [0.05, 0.1) is 30.5 Å². The number of halogens is 1. The zero-order chi connectivity index (χ0) is 18.9. The third kappa shape index (κ3) is 3.90. The van der Waals surface area contributed by atoms with Crippen molar-refractivity contribution in [1.29, 1.82) is 0 Å². The average Bonchev–Trinajstić information content (AvgIpc) is 2.84. The molecule has 0 bridgehead atoms. The van der Waals surface area contributed by atoms with Crippen molar-refractivity contribution in [2.24, 2.45) is 0 Å². The van der Waals surface area contributed by atoms with Gasteiger partial charge >= 0.3 is 6.09 Å². The molecule has 7 heteroatoms. The van der Waals surface area contributed by atoms with E-state index in [1.54, 1.807) is 18.3 Å². The van der Waals surface area contributed by atoms with Crippen LogP contribution in [-0.4, -0.2) is 46.3 Å². The van der Waals surface area contributed by atoms with Crippen molar-refractivity contribution in [3.8, 4) is 5.75 Å². The van der Waals surface area contributed by atoms with Gasteiger partial charge in [0, 0.05) is 13.1 Å². The normalized spacial score (nSPS) is 18.7. The van der Waals surface area contributed by atoms with E-state index in [4.69, 9.17) is 21.1 Å². The average molecular weight is 380 g/mol. The van der Waals surface area contributed by atoms with E-state index in [1.807, 2.05) is 32.9 Å². The predicted octanol–water partition coefficient (Wildman–Crippen LogP) is 4.66. The summed E-state index contributed by atoms with van der Waals surface area (Å²) in [5.41, 5.74) is 1.17. The molecule has 26 heavy (non-hydrogen) atoms. The van der Waals surface area contributed by atoms with Gasteiger partial charge < -0.3 is 18.9 Å². The van der Waals surface area contributed by atoms with Crippen LogP contribution in [0, 0.1) is 0 Å². The minimum atomic E-state index is -0.503. The predicted molar refractivity (Wildman–Crippen MR) is 102 cm³/mol. The monoisotopic (exact) mass is 379 g/mol. The number of carbonyl (C=O) groups is 1. The number of rotatable bonds is 2. The molecule has 0 saturated carbocycles. The van der Waals surface area contributed by atoms with Crippen molar-refractivity contribution in [3.63, 3.8) is 0 Å². The smallest absolute Gasteiger partial charge is 0.410 e. The maximum absolute atomic E-state index is 12.5. The van der Waals surface area contributed by atoms with E-state index in [2.05, 4.69) is 9.55 Å². The molecule has 1 saturated heterocycles. The first kappa shape index (κ1) is 18.8. The first-order valence-electron chi connectivity index (χ1n) is 8.97. The van der Waals surface area contributed by atoms with Gasteiger partial charge in [0.15, 0.2) is 0 Å². The van der Waals surface area contributed by atoms with Gasteiger partial charge in [0.25, 0.3) is 0 Å². The van der Waals surface area contributed by atoms with Crippen molar-refractivity contribution < 1.29 is 14.3 Å². The number of nitrogens with zero attached hydrogens (tertiary/aromatic N) is 3. The molecule has 0 unspecified atom stereocenters. The second kappa shape index (κ2) is 7.35. The fraction of sp³-hybridized carbons (Fsp3) is 0.579. The van der Waals surface area contributed by atoms with Crippen LogP contribution in [0.25, 0.3) is 11.0 Å². The summed E-state index contributed by atoms with van der Waals surface area (Å²) in [6.07, 6.45) is 4.49. The van der Waals surface area contributed by atoms with E-state index in [0.717, 1.165) is 30.3 Å². The second-order valence-electron chi connectivity index (χ2n) is 7.68. The fourth-order valence-corrected chi connectivity index (χ4v) is 3.68. The minimum absolute atomic E-state index is 0.0969. The summed E-state index contributed by atoms with van der Waals surface area (Å²) in [5.74, 6) is 0.624. The number of hydrogen-bond donors (Lipinski definition) is 0. The van der Waals surface area contributed by atoms with Crippen molar-refractivity contribution in [3.05, 3.63) is 23.5 Å². The quantitative estimate of drug-likeness (QED) is 0.761. The standard InChI is InChI=1S/C19H26ClN3O3/c1-19(2,3)26-18(24)22-10-6-5-7-13(11-22)23-12-21-14-8-9-15(25-4)16(20)17(14)23/h8-9,12-13H,5-7,10-11H2,1-4H3/t13-/m1/s1. The zero-order valence-corrected chi connectivity index (χ0v) is 16.5. The number of hydrogen-bond acceptors (Lipinski definition) is 4. The molecule has 0 radical (unpaired) electrons. The summed E-state index contributed by atoms with van der Waals surface area (Å²) in [4.78, 5) is 18.8. The van der Waals surface area contributed by atoms with Crippen molar-refractivity contribution in [2.75, 3.05) is 20.2 Å². The Morgan fingerprint density at radius 1 is 1.31 bits per heavy atom. The summed E-state index contributed by atoms with van der Waals surface area (Å²) in [6.45, 7) is 6.93. The maximum atomic E-state index is 12.5. The number of ether oxygens (including phenoxy) is 2. The number of likely N-dealkylation sites (tertiary alicyclic amines) is 1. The molecule has 1 aliphatic heterocycles. The van der Waals surface area contributed by atoms with E-state index in [-0.39, 0.29) is 12.1 Å². The van der Waals surface area contributed by atoms with Crippen LogP contribution >= 0.6 is 11.6 Å². The molecule has 6 nitrogen and oxygen atoms in total. The zero-order valence-electron chi connectivity index (χ0n) is 15.8. The molecule has 1 atom stereocenters. The SMILES string of the molecule is COc1ccc2ncn([C@@H]3CCCCN(C(=O)OC(C)(C)C)C3)c2c1Cl. The number of benzene rings is 1. The number of aromatic nitrogens is 2. The summed E-state index contributed by atoms with van der Waals surface area (Å²) in [5, 5.41) is 0.551. The first-order chi connectivity index (χ1) is 12.3. The minimum Gasteiger partial charge on any atom is -0.495 e. The van der Waals surface area contributed by atoms with Crippen LogP contribution in [0.15, 0.2) is 18.5 Å². The highest BCUT2D eigenvalue weighted by Crippen LogP contribution is 2.35. The van der Waals surface area contributed by atoms with Gasteiger partial charge in [-0.15, -0.1) is 0 Å². The topological polar surface area (TPSA) is 56.6 Å². The third-order valence-corrected chi connectivity index (χ3v) is 4.92. The maximum Gasteiger partial charge on any atom is 0.410 e. The van der Waals surface area contributed by atoms with Crippen LogP contribution < -0.4 is 4.74 Å². The van der Waals surface area contributed by atoms with Gasteiger partial charge in [-0.05, 0) is 52.2 Å². The Morgan fingerprint density at radius 3 is 2.77 bits per heavy atom. The lowest BCUT2D eigenvalue weighted by atomic mass is 10.1. The van der Waals surface area contributed by atoms with Gasteiger partial charge in [-0.2, -0.15) is 0 Å². The van der Waals surface area contributed by atoms with Crippen molar-refractivity contribution >= 4 is 28.7 Å². The molecule has 2 aromatic rings.